The summed E-state index contributed by atoms with van der Waals surface area (Å²) in [5.41, 5.74) is 7.88. The Morgan fingerprint density at radius 1 is 1.03 bits per heavy atom. The third-order valence-corrected chi connectivity index (χ3v) is 7.15. The van der Waals surface area contributed by atoms with Crippen LogP contribution in [-0.2, 0) is 14.3 Å². The lowest BCUT2D eigenvalue weighted by Gasteiger charge is -2.32. The highest BCUT2D eigenvalue weighted by atomic mass is 16.5. The van der Waals surface area contributed by atoms with Gasteiger partial charge in [0.25, 0.3) is 5.91 Å². The van der Waals surface area contributed by atoms with Gasteiger partial charge in [0.2, 0.25) is 0 Å². The van der Waals surface area contributed by atoms with Gasteiger partial charge in [0.1, 0.15) is 0 Å². The van der Waals surface area contributed by atoms with E-state index in [4.69, 9.17) is 9.84 Å². The van der Waals surface area contributed by atoms with Gasteiger partial charge in [-0.3, -0.25) is 14.5 Å². The summed E-state index contributed by atoms with van der Waals surface area (Å²) in [4.78, 5) is 28.1. The van der Waals surface area contributed by atoms with Gasteiger partial charge in [-0.2, -0.15) is 5.10 Å². The molecule has 1 saturated heterocycles. The Hall–Kier alpha value is -2.99. The maximum Gasteiger partial charge on any atom is 0.310 e. The number of carbonyl (C=O) groups excluding carboxylic acids is 2. The van der Waals surface area contributed by atoms with Crippen molar-refractivity contribution in [2.45, 2.75) is 59.9 Å². The van der Waals surface area contributed by atoms with Crippen molar-refractivity contribution < 1.29 is 14.3 Å². The number of piperidine rings is 1. The lowest BCUT2D eigenvalue weighted by atomic mass is 9.92. The molecule has 35 heavy (non-hydrogen) atoms. The zero-order valence-corrected chi connectivity index (χ0v) is 21.6. The van der Waals surface area contributed by atoms with Crippen LogP contribution in [-0.4, -0.2) is 53.7 Å². The Labute approximate surface area is 209 Å². The van der Waals surface area contributed by atoms with Gasteiger partial charge in [-0.25, -0.2) is 5.01 Å². The number of amides is 1. The van der Waals surface area contributed by atoms with Crippen molar-refractivity contribution in [1.29, 1.82) is 0 Å². The fourth-order valence-corrected chi connectivity index (χ4v) is 5.23. The van der Waals surface area contributed by atoms with Crippen LogP contribution in [0.5, 0.6) is 0 Å². The number of benzene rings is 2. The maximum atomic E-state index is 13.7. The van der Waals surface area contributed by atoms with Crippen LogP contribution in [0.15, 0.2) is 41.5 Å². The second-order valence-corrected chi connectivity index (χ2v) is 10.0. The summed E-state index contributed by atoms with van der Waals surface area (Å²) >= 11 is 0. The van der Waals surface area contributed by atoms with Crippen LogP contribution < -0.4 is 0 Å². The van der Waals surface area contributed by atoms with E-state index < -0.39 is 0 Å². The predicted octanol–water partition coefficient (Wildman–Crippen LogP) is 4.87. The molecule has 1 amide bonds. The van der Waals surface area contributed by atoms with Gasteiger partial charge in [0, 0.05) is 18.5 Å². The SMILES string of the molecule is CCOC(=O)C1CCCN(CC(=O)N2N=C(c3cc(C)ccc3C)CC2c2cc(C)ccc2C)C1. The molecular weight excluding hydrogens is 438 g/mol. The Bertz CT molecular complexity index is 1140. The predicted molar refractivity (Wildman–Crippen MR) is 138 cm³/mol. The van der Waals surface area contributed by atoms with E-state index in [1.54, 1.807) is 5.01 Å². The van der Waals surface area contributed by atoms with Gasteiger partial charge in [-0.05, 0) is 76.8 Å². The largest absolute Gasteiger partial charge is 0.466 e. The van der Waals surface area contributed by atoms with Crippen LogP contribution in [0.25, 0.3) is 0 Å². The zero-order chi connectivity index (χ0) is 25.1. The molecule has 1 fully saturated rings. The minimum Gasteiger partial charge on any atom is -0.466 e. The second-order valence-electron chi connectivity index (χ2n) is 10.0. The monoisotopic (exact) mass is 475 g/mol. The molecule has 2 aromatic rings. The van der Waals surface area contributed by atoms with E-state index >= 15 is 0 Å². The number of hydrogen-bond donors (Lipinski definition) is 0. The Morgan fingerprint density at radius 3 is 2.49 bits per heavy atom. The molecule has 2 aliphatic rings. The van der Waals surface area contributed by atoms with Gasteiger partial charge >= 0.3 is 5.97 Å². The molecule has 0 spiro atoms. The summed E-state index contributed by atoms with van der Waals surface area (Å²) in [6.07, 6.45) is 2.38. The number of hydrogen-bond acceptors (Lipinski definition) is 5. The molecule has 2 aromatic carbocycles. The number of hydrazone groups is 1. The van der Waals surface area contributed by atoms with Gasteiger partial charge in [-0.15, -0.1) is 0 Å². The van der Waals surface area contributed by atoms with Crippen LogP contribution in [0.3, 0.4) is 0 Å². The molecule has 0 aromatic heterocycles. The fraction of sp³-hybridized carbons (Fsp3) is 0.483. The Morgan fingerprint density at radius 2 is 1.74 bits per heavy atom. The van der Waals surface area contributed by atoms with Crippen LogP contribution in [0.4, 0.5) is 0 Å². The minimum atomic E-state index is -0.168. The van der Waals surface area contributed by atoms with Crippen molar-refractivity contribution in [3.8, 4) is 0 Å². The first kappa shape index (κ1) is 25.1. The number of ether oxygens (including phenoxy) is 1. The second kappa shape index (κ2) is 10.7. The topological polar surface area (TPSA) is 62.2 Å². The van der Waals surface area contributed by atoms with Gasteiger partial charge in [0.15, 0.2) is 0 Å². The first-order valence-corrected chi connectivity index (χ1v) is 12.7. The number of esters is 1. The van der Waals surface area contributed by atoms with Crippen molar-refractivity contribution in [1.82, 2.24) is 9.91 Å². The molecule has 2 heterocycles. The van der Waals surface area contributed by atoms with Crippen LogP contribution in [0.1, 0.15) is 65.6 Å². The molecule has 0 bridgehead atoms. The van der Waals surface area contributed by atoms with Crippen molar-refractivity contribution >= 4 is 17.6 Å². The van der Waals surface area contributed by atoms with Gasteiger partial charge in [-0.1, -0.05) is 41.5 Å². The Balaban J connectivity index is 1.61. The smallest absolute Gasteiger partial charge is 0.310 e. The van der Waals surface area contributed by atoms with Crippen molar-refractivity contribution in [3.63, 3.8) is 0 Å². The van der Waals surface area contributed by atoms with Crippen LogP contribution >= 0.6 is 0 Å². The molecule has 0 saturated carbocycles. The third-order valence-electron chi connectivity index (χ3n) is 7.15. The number of nitrogens with zero attached hydrogens (tertiary/aromatic N) is 3. The summed E-state index contributed by atoms with van der Waals surface area (Å²) in [5.74, 6) is -0.353. The standard InChI is InChI=1S/C29H37N3O3/c1-6-35-29(34)23-8-7-13-31(17-23)18-28(33)32-27(25-15-20(3)10-12-22(25)5)16-26(30-32)24-14-19(2)9-11-21(24)4/h9-12,14-15,23,27H,6-8,13,16-18H2,1-5H3. The highest BCUT2D eigenvalue weighted by molar-refractivity contribution is 6.04. The molecule has 0 N–H and O–H groups in total. The number of rotatable bonds is 6. The molecule has 0 radical (unpaired) electrons. The van der Waals surface area contributed by atoms with Crippen LogP contribution in [0, 0.1) is 33.6 Å². The van der Waals surface area contributed by atoms with E-state index in [0.29, 0.717) is 19.6 Å². The van der Waals surface area contributed by atoms with Crippen molar-refractivity contribution in [3.05, 3.63) is 69.8 Å². The lowest BCUT2D eigenvalue weighted by Crippen LogP contribution is -2.44. The third kappa shape index (κ3) is 5.64. The molecular formula is C29H37N3O3. The number of carbonyl (C=O) groups is 2. The van der Waals surface area contributed by atoms with E-state index in [-0.39, 0.29) is 30.4 Å². The molecule has 6 nitrogen and oxygen atoms in total. The number of aryl methyl sites for hydroxylation is 4. The van der Waals surface area contributed by atoms with Gasteiger partial charge < -0.3 is 4.74 Å². The summed E-state index contributed by atoms with van der Waals surface area (Å²) in [6, 6.07) is 12.7. The average Bonchev–Trinajstić information content (AvgIpc) is 3.28. The van der Waals surface area contributed by atoms with E-state index in [9.17, 15) is 9.59 Å². The van der Waals surface area contributed by atoms with E-state index in [1.165, 1.54) is 11.1 Å². The van der Waals surface area contributed by atoms with Crippen molar-refractivity contribution in [2.75, 3.05) is 26.2 Å². The first-order valence-electron chi connectivity index (χ1n) is 12.7. The highest BCUT2D eigenvalue weighted by Gasteiger charge is 2.36. The van der Waals surface area contributed by atoms with E-state index in [2.05, 4.69) is 69.0 Å². The average molecular weight is 476 g/mol. The lowest BCUT2D eigenvalue weighted by molar-refractivity contribution is -0.150. The quantitative estimate of drug-likeness (QED) is 0.559. The first-order chi connectivity index (χ1) is 16.8. The molecule has 6 heteroatoms. The normalized spacial score (nSPS) is 20.6. The maximum absolute atomic E-state index is 13.7. The van der Waals surface area contributed by atoms with Gasteiger partial charge in [0.05, 0.1) is 30.8 Å². The zero-order valence-electron chi connectivity index (χ0n) is 21.6. The summed E-state index contributed by atoms with van der Waals surface area (Å²) in [5, 5.41) is 6.62. The molecule has 0 aliphatic carbocycles. The molecule has 2 aliphatic heterocycles. The Kier molecular flexibility index (Phi) is 7.70. The highest BCUT2D eigenvalue weighted by Crippen LogP contribution is 2.36. The number of likely N-dealkylation sites (tertiary alicyclic amines) is 1. The molecule has 2 atom stereocenters. The van der Waals surface area contributed by atoms with E-state index in [1.807, 2.05) is 6.92 Å². The summed E-state index contributed by atoms with van der Waals surface area (Å²) < 4.78 is 5.23. The van der Waals surface area contributed by atoms with E-state index in [0.717, 1.165) is 47.4 Å². The molecule has 186 valence electrons. The minimum absolute atomic E-state index is 0.0271. The van der Waals surface area contributed by atoms with Crippen molar-refractivity contribution in [2.24, 2.45) is 11.0 Å². The van der Waals surface area contributed by atoms with Crippen LogP contribution in [0.2, 0.25) is 0 Å². The molecule has 4 rings (SSSR count). The summed E-state index contributed by atoms with van der Waals surface area (Å²) in [7, 11) is 0. The fourth-order valence-electron chi connectivity index (χ4n) is 5.23. The molecule has 2 unspecified atom stereocenters. The summed E-state index contributed by atoms with van der Waals surface area (Å²) in [6.45, 7) is 12.2.